The number of carbonyl (C=O) groups is 1. The number of carbonyl (C=O) groups excluding carboxylic acids is 1. The molecule has 160 valence electrons. The molecule has 4 aromatic rings. The van der Waals surface area contributed by atoms with Gasteiger partial charge >= 0.3 is 10.1 Å². The number of nitrogens with one attached hydrogen (secondary N) is 3. The number of nitrogens with zero attached hydrogens (tertiary/aromatic N) is 1. The zero-order valence-corrected chi connectivity index (χ0v) is 17.7. The monoisotopic (exact) mass is 446 g/mol. The van der Waals surface area contributed by atoms with Crippen LogP contribution in [-0.2, 0) is 19.2 Å². The molecule has 0 saturated carbocycles. The van der Waals surface area contributed by atoms with Gasteiger partial charge in [-0.3, -0.25) is 4.79 Å². The van der Waals surface area contributed by atoms with Gasteiger partial charge < -0.3 is 10.3 Å². The van der Waals surface area contributed by atoms with Crippen LogP contribution in [0.4, 0.5) is 11.4 Å². The molecule has 0 fully saturated rings. The summed E-state index contributed by atoms with van der Waals surface area (Å²) < 4.78 is 30.4. The smallest absolute Gasteiger partial charge is 0.317 e. The van der Waals surface area contributed by atoms with E-state index in [0.717, 1.165) is 16.6 Å². The van der Waals surface area contributed by atoms with E-state index in [4.69, 9.17) is 4.28 Å². The van der Waals surface area contributed by atoms with Crippen molar-refractivity contribution < 1.29 is 17.5 Å². The maximum Gasteiger partial charge on any atom is 0.317 e. The van der Waals surface area contributed by atoms with E-state index in [-0.39, 0.29) is 10.8 Å². The first-order valence-corrected chi connectivity index (χ1v) is 11.2. The number of para-hydroxylation sites is 2. The highest BCUT2D eigenvalue weighted by atomic mass is 32.2. The molecule has 3 N–H and O–H groups in total. The molecule has 32 heavy (non-hydrogen) atoms. The van der Waals surface area contributed by atoms with Crippen LogP contribution < -0.4 is 10.8 Å². The summed E-state index contributed by atoms with van der Waals surface area (Å²) in [7, 11) is -4.13. The van der Waals surface area contributed by atoms with Crippen molar-refractivity contribution in [1.29, 1.82) is 0 Å². The standard InChI is InChI=1S/C23H18N4O4S/c1-14-6-8-15(9-7-14)27-31-32(29,30)16-10-11-19-17(12-16)18(23(28)26-19)13-22-24-20-4-2-3-5-21(20)25-22/h2-13,27H,1H3,(H,24,25)(H,26,28). The highest BCUT2D eigenvalue weighted by Crippen LogP contribution is 2.35. The Morgan fingerprint density at radius 2 is 1.81 bits per heavy atom. The Morgan fingerprint density at radius 3 is 2.59 bits per heavy atom. The molecule has 0 spiro atoms. The summed E-state index contributed by atoms with van der Waals surface area (Å²) in [5.41, 5.74) is 6.88. The highest BCUT2D eigenvalue weighted by molar-refractivity contribution is 7.86. The van der Waals surface area contributed by atoms with Crippen molar-refractivity contribution in [2.45, 2.75) is 11.8 Å². The number of amides is 1. The third kappa shape index (κ3) is 3.75. The topological polar surface area (TPSA) is 113 Å². The minimum atomic E-state index is -4.13. The number of rotatable bonds is 5. The summed E-state index contributed by atoms with van der Waals surface area (Å²) in [6.07, 6.45) is 1.60. The molecule has 3 aromatic carbocycles. The molecule has 0 bridgehead atoms. The number of imidazole rings is 1. The molecule has 9 heteroatoms. The Bertz CT molecular complexity index is 1460. The van der Waals surface area contributed by atoms with Crippen LogP contribution in [0.5, 0.6) is 0 Å². The van der Waals surface area contributed by atoms with Crippen LogP contribution in [-0.4, -0.2) is 24.3 Å². The lowest BCUT2D eigenvalue weighted by Gasteiger charge is -2.09. The Kier molecular flexibility index (Phi) is 4.76. The fourth-order valence-electron chi connectivity index (χ4n) is 3.42. The van der Waals surface area contributed by atoms with E-state index >= 15 is 0 Å². The third-order valence-electron chi connectivity index (χ3n) is 5.07. The fourth-order valence-corrected chi connectivity index (χ4v) is 4.22. The predicted octanol–water partition coefficient (Wildman–Crippen LogP) is 4.10. The number of aryl methyl sites for hydroxylation is 1. The number of aromatic nitrogens is 2. The van der Waals surface area contributed by atoms with Crippen LogP contribution >= 0.6 is 0 Å². The van der Waals surface area contributed by atoms with E-state index in [2.05, 4.69) is 20.8 Å². The molecule has 0 aliphatic carbocycles. The van der Waals surface area contributed by atoms with Gasteiger partial charge in [-0.2, -0.15) is 8.42 Å². The molecule has 0 radical (unpaired) electrons. The lowest BCUT2D eigenvalue weighted by molar-refractivity contribution is -0.110. The molecule has 5 rings (SSSR count). The fraction of sp³-hybridized carbons (Fsp3) is 0.0435. The highest BCUT2D eigenvalue weighted by Gasteiger charge is 2.27. The summed E-state index contributed by atoms with van der Waals surface area (Å²) in [5.74, 6) is 0.156. The second kappa shape index (κ2) is 7.63. The van der Waals surface area contributed by atoms with E-state index in [1.807, 2.05) is 43.3 Å². The van der Waals surface area contributed by atoms with Gasteiger partial charge in [-0.05, 0) is 55.5 Å². The largest absolute Gasteiger partial charge is 0.338 e. The van der Waals surface area contributed by atoms with Crippen molar-refractivity contribution in [3.63, 3.8) is 0 Å². The summed E-state index contributed by atoms with van der Waals surface area (Å²) in [6.45, 7) is 1.93. The molecule has 0 atom stereocenters. The van der Waals surface area contributed by atoms with E-state index in [1.165, 1.54) is 18.2 Å². The van der Waals surface area contributed by atoms with Crippen LogP contribution in [0.3, 0.4) is 0 Å². The Hall–Kier alpha value is -3.95. The van der Waals surface area contributed by atoms with E-state index < -0.39 is 10.1 Å². The van der Waals surface area contributed by atoms with Crippen molar-refractivity contribution in [2.24, 2.45) is 0 Å². The molecule has 0 unspecified atom stereocenters. The van der Waals surface area contributed by atoms with E-state index in [9.17, 15) is 13.2 Å². The lowest BCUT2D eigenvalue weighted by atomic mass is 10.1. The lowest BCUT2D eigenvalue weighted by Crippen LogP contribution is -2.11. The molecule has 1 aromatic heterocycles. The minimum absolute atomic E-state index is 0.0807. The van der Waals surface area contributed by atoms with Crippen LogP contribution in [0.2, 0.25) is 0 Å². The van der Waals surface area contributed by atoms with Crippen LogP contribution in [0, 0.1) is 6.92 Å². The Balaban J connectivity index is 1.45. The van der Waals surface area contributed by atoms with Crippen molar-refractivity contribution in [2.75, 3.05) is 10.8 Å². The van der Waals surface area contributed by atoms with Gasteiger partial charge in [0.2, 0.25) is 0 Å². The molecule has 1 aliphatic rings. The zero-order valence-electron chi connectivity index (χ0n) is 16.9. The number of benzene rings is 3. The second-order valence-corrected chi connectivity index (χ2v) is 8.91. The first-order chi connectivity index (χ1) is 15.4. The van der Waals surface area contributed by atoms with Gasteiger partial charge in [0.15, 0.2) is 0 Å². The Labute approximate surface area is 184 Å². The van der Waals surface area contributed by atoms with E-state index in [1.54, 1.807) is 18.2 Å². The van der Waals surface area contributed by atoms with Gasteiger partial charge in [0.1, 0.15) is 5.82 Å². The SMILES string of the molecule is Cc1ccc(NOS(=O)(=O)c2ccc3c(c2)C(=Cc2nc4ccccc4[nH]2)C(=O)N3)cc1. The average molecular weight is 446 g/mol. The Morgan fingerprint density at radius 1 is 1.03 bits per heavy atom. The average Bonchev–Trinajstić information content (AvgIpc) is 3.33. The maximum absolute atomic E-state index is 12.7. The van der Waals surface area contributed by atoms with Crippen molar-refractivity contribution in [3.8, 4) is 0 Å². The van der Waals surface area contributed by atoms with Crippen molar-refractivity contribution >= 4 is 50.1 Å². The summed E-state index contributed by atoms with van der Waals surface area (Å²) in [4.78, 5) is 20.1. The number of hydrogen-bond acceptors (Lipinski definition) is 6. The number of fused-ring (bicyclic) bond motifs is 2. The molecule has 0 saturated heterocycles. The number of hydrogen-bond donors (Lipinski definition) is 3. The van der Waals surface area contributed by atoms with Crippen LogP contribution in [0.1, 0.15) is 17.0 Å². The van der Waals surface area contributed by atoms with E-state index in [0.29, 0.717) is 28.3 Å². The normalized spacial score (nSPS) is 14.5. The van der Waals surface area contributed by atoms with Crippen LogP contribution in [0.15, 0.2) is 71.6 Å². The van der Waals surface area contributed by atoms with Gasteiger partial charge in [-0.15, -0.1) is 4.28 Å². The first kappa shape index (κ1) is 20.0. The number of anilines is 2. The van der Waals surface area contributed by atoms with Gasteiger partial charge in [-0.1, -0.05) is 29.8 Å². The predicted molar refractivity (Wildman–Crippen MR) is 122 cm³/mol. The van der Waals surface area contributed by atoms with Crippen LogP contribution in [0.25, 0.3) is 22.7 Å². The molecule has 1 aliphatic heterocycles. The van der Waals surface area contributed by atoms with Gasteiger partial charge in [0.05, 0.1) is 27.2 Å². The number of H-pyrrole nitrogens is 1. The zero-order chi connectivity index (χ0) is 22.3. The summed E-state index contributed by atoms with van der Waals surface area (Å²) in [5, 5.41) is 2.74. The summed E-state index contributed by atoms with van der Waals surface area (Å²) in [6, 6.07) is 18.9. The molecule has 8 nitrogen and oxygen atoms in total. The first-order valence-electron chi connectivity index (χ1n) is 9.77. The maximum atomic E-state index is 12.7. The summed E-state index contributed by atoms with van der Waals surface area (Å²) >= 11 is 0. The number of aromatic amines is 1. The van der Waals surface area contributed by atoms with Gasteiger partial charge in [-0.25, -0.2) is 10.5 Å². The molecular weight excluding hydrogens is 428 g/mol. The second-order valence-electron chi connectivity index (χ2n) is 7.36. The molecule has 2 heterocycles. The minimum Gasteiger partial charge on any atom is -0.338 e. The van der Waals surface area contributed by atoms with Gasteiger partial charge in [0.25, 0.3) is 5.91 Å². The molecular formula is C23H18N4O4S. The van der Waals surface area contributed by atoms with Gasteiger partial charge in [0, 0.05) is 11.3 Å². The van der Waals surface area contributed by atoms with Crippen molar-refractivity contribution in [3.05, 3.63) is 83.7 Å². The molecule has 1 amide bonds. The quantitative estimate of drug-likeness (QED) is 0.314. The third-order valence-corrected chi connectivity index (χ3v) is 6.21. The van der Waals surface area contributed by atoms with Crippen molar-refractivity contribution in [1.82, 2.24) is 9.97 Å².